The van der Waals surface area contributed by atoms with Crippen molar-refractivity contribution < 1.29 is 9.59 Å². The number of benzene rings is 1. The fourth-order valence-electron chi connectivity index (χ4n) is 1.91. The number of nitrogens with one attached hydrogen (secondary N) is 1. The number of hydrogen-bond acceptors (Lipinski definition) is 7. The molecule has 0 radical (unpaired) electrons. The van der Waals surface area contributed by atoms with Crippen LogP contribution in [0.25, 0.3) is 0 Å². The van der Waals surface area contributed by atoms with Crippen molar-refractivity contribution >= 4 is 36.0 Å². The molecule has 0 aliphatic carbocycles. The third kappa shape index (κ3) is 4.58. The molecule has 0 atom stereocenters. The summed E-state index contributed by atoms with van der Waals surface area (Å²) in [6, 6.07) is 5.14. The molecule has 1 aromatic rings. The van der Waals surface area contributed by atoms with E-state index in [4.69, 9.17) is 16.3 Å². The monoisotopic (exact) mass is 343 g/mol. The van der Waals surface area contributed by atoms with Crippen LogP contribution in [0.2, 0.25) is 0 Å². The summed E-state index contributed by atoms with van der Waals surface area (Å²) in [6.07, 6.45) is 2.07. The highest BCUT2D eigenvalue weighted by Crippen LogP contribution is 2.24. The molecule has 0 saturated carbocycles. The van der Waals surface area contributed by atoms with E-state index < -0.39 is 11.4 Å². The van der Waals surface area contributed by atoms with E-state index in [1.807, 2.05) is 12.1 Å². The normalized spacial score (nSPS) is 10.9. The molecule has 0 heterocycles. The van der Waals surface area contributed by atoms with Gasteiger partial charge in [-0.3, -0.25) is 9.59 Å². The number of aldehydes is 1. The highest BCUT2D eigenvalue weighted by Gasteiger charge is 2.23. The van der Waals surface area contributed by atoms with Crippen molar-refractivity contribution in [1.82, 2.24) is 5.32 Å². The number of nitrogens with two attached hydrogens (primary N) is 1. The predicted molar refractivity (Wildman–Crippen MR) is 93.8 cm³/mol. The molecule has 124 valence electrons. The lowest BCUT2D eigenvalue weighted by atomic mass is 9.96. The standard InChI is InChI=1S/C16H17N5O2S/c1-10-13(8-22)11(7-18)6-12(14(10)19)15(23)21-16(2,3)9-20-24-5-4-17/h6,8-9H,5,19H2,1-3H3,(H,21,23)/b20-9+. The Balaban J connectivity index is 3.11. The molecule has 24 heavy (non-hydrogen) atoms. The molecule has 1 aromatic carbocycles. The summed E-state index contributed by atoms with van der Waals surface area (Å²) in [4.78, 5) is 23.6. The second-order valence-electron chi connectivity index (χ2n) is 5.50. The predicted octanol–water partition coefficient (Wildman–Crippen LogP) is 2.01. The Bertz CT molecular complexity index is 772. The third-order valence-corrected chi connectivity index (χ3v) is 3.69. The molecule has 0 aliphatic rings. The lowest BCUT2D eigenvalue weighted by Crippen LogP contribution is -2.45. The van der Waals surface area contributed by atoms with Gasteiger partial charge in [0.15, 0.2) is 6.29 Å². The average molecular weight is 343 g/mol. The zero-order valence-electron chi connectivity index (χ0n) is 13.6. The van der Waals surface area contributed by atoms with E-state index in [-0.39, 0.29) is 28.1 Å². The Hall–Kier alpha value is -2.84. The molecule has 8 heteroatoms. The summed E-state index contributed by atoms with van der Waals surface area (Å²) >= 11 is 1.07. The highest BCUT2D eigenvalue weighted by molar-refractivity contribution is 7.98. The van der Waals surface area contributed by atoms with E-state index in [2.05, 4.69) is 9.71 Å². The van der Waals surface area contributed by atoms with Crippen molar-refractivity contribution in [1.29, 1.82) is 10.5 Å². The number of amides is 1. The zero-order valence-corrected chi connectivity index (χ0v) is 14.4. The first-order chi connectivity index (χ1) is 11.3. The summed E-state index contributed by atoms with van der Waals surface area (Å²) in [6.45, 7) is 5.05. The molecule has 0 aliphatic heterocycles. The van der Waals surface area contributed by atoms with E-state index in [1.54, 1.807) is 20.8 Å². The van der Waals surface area contributed by atoms with Crippen LogP contribution in [0, 0.1) is 29.6 Å². The second kappa shape index (κ2) is 8.14. The molecular weight excluding hydrogens is 326 g/mol. The topological polar surface area (TPSA) is 132 Å². The van der Waals surface area contributed by atoms with Crippen LogP contribution in [-0.2, 0) is 0 Å². The van der Waals surface area contributed by atoms with Crippen LogP contribution in [0.5, 0.6) is 0 Å². The van der Waals surface area contributed by atoms with Crippen molar-refractivity contribution in [2.75, 3.05) is 11.5 Å². The molecular formula is C16H17N5O2S. The van der Waals surface area contributed by atoms with Crippen LogP contribution < -0.4 is 11.1 Å². The van der Waals surface area contributed by atoms with Gasteiger partial charge in [-0.25, -0.2) is 4.40 Å². The van der Waals surface area contributed by atoms with Crippen molar-refractivity contribution in [2.24, 2.45) is 4.40 Å². The minimum atomic E-state index is -0.782. The molecule has 0 unspecified atom stereocenters. The van der Waals surface area contributed by atoms with Gasteiger partial charge >= 0.3 is 0 Å². The molecule has 0 fully saturated rings. The Labute approximate surface area is 144 Å². The van der Waals surface area contributed by atoms with Crippen molar-refractivity contribution in [3.05, 3.63) is 28.3 Å². The van der Waals surface area contributed by atoms with Crippen molar-refractivity contribution in [2.45, 2.75) is 26.3 Å². The maximum absolute atomic E-state index is 12.5. The SMILES string of the molecule is Cc1c(N)c(C(=O)NC(C)(C)/C=N/SCC#N)cc(C#N)c1C=O. The van der Waals surface area contributed by atoms with Crippen molar-refractivity contribution in [3.63, 3.8) is 0 Å². The molecule has 0 spiro atoms. The van der Waals surface area contributed by atoms with Gasteiger partial charge in [-0.1, -0.05) is 0 Å². The van der Waals surface area contributed by atoms with E-state index in [9.17, 15) is 9.59 Å². The van der Waals surface area contributed by atoms with Gasteiger partial charge in [0.1, 0.15) is 5.75 Å². The Morgan fingerprint density at radius 1 is 1.50 bits per heavy atom. The van der Waals surface area contributed by atoms with Gasteiger partial charge in [0.2, 0.25) is 0 Å². The van der Waals surface area contributed by atoms with Crippen molar-refractivity contribution in [3.8, 4) is 12.1 Å². The Kier molecular flexibility index (Phi) is 6.51. The summed E-state index contributed by atoms with van der Waals surface area (Å²) in [5.41, 5.74) is 6.11. The molecule has 0 aromatic heterocycles. The minimum absolute atomic E-state index is 0.0953. The lowest BCUT2D eigenvalue weighted by Gasteiger charge is -2.22. The minimum Gasteiger partial charge on any atom is -0.398 e. The summed E-state index contributed by atoms with van der Waals surface area (Å²) in [5, 5.41) is 20.3. The highest BCUT2D eigenvalue weighted by atomic mass is 32.2. The molecule has 1 amide bonds. The van der Waals surface area contributed by atoms with E-state index in [1.165, 1.54) is 12.3 Å². The summed E-state index contributed by atoms with van der Waals surface area (Å²) < 4.78 is 4.01. The van der Waals surface area contributed by atoms with Gasteiger partial charge in [-0.2, -0.15) is 10.5 Å². The maximum atomic E-state index is 12.5. The van der Waals surface area contributed by atoms with Crippen LogP contribution in [-0.4, -0.2) is 29.7 Å². The number of rotatable bonds is 6. The first-order valence-electron chi connectivity index (χ1n) is 6.91. The van der Waals surface area contributed by atoms with Crippen LogP contribution in [0.4, 0.5) is 5.69 Å². The lowest BCUT2D eigenvalue weighted by molar-refractivity contribution is 0.0933. The number of hydrogen-bond donors (Lipinski definition) is 2. The number of nitrogen functional groups attached to an aromatic ring is 1. The van der Waals surface area contributed by atoms with E-state index in [0.717, 1.165) is 11.9 Å². The molecule has 0 bridgehead atoms. The molecule has 1 rings (SSSR count). The number of carbonyl (C=O) groups is 2. The summed E-state index contributed by atoms with van der Waals surface area (Å²) in [7, 11) is 0. The maximum Gasteiger partial charge on any atom is 0.254 e. The fraction of sp³-hybridized carbons (Fsp3) is 0.312. The van der Waals surface area contributed by atoms with Crippen LogP contribution >= 0.6 is 11.9 Å². The van der Waals surface area contributed by atoms with Gasteiger partial charge < -0.3 is 11.1 Å². The fourth-order valence-corrected chi connectivity index (χ4v) is 2.38. The number of carbonyl (C=O) groups excluding carboxylic acids is 2. The first kappa shape index (κ1) is 19.2. The number of nitrogens with zero attached hydrogens (tertiary/aromatic N) is 3. The van der Waals surface area contributed by atoms with E-state index >= 15 is 0 Å². The zero-order chi connectivity index (χ0) is 18.3. The van der Waals surface area contributed by atoms with Gasteiger partial charge in [-0.15, -0.1) is 0 Å². The third-order valence-electron chi connectivity index (χ3n) is 3.17. The first-order valence-corrected chi connectivity index (χ1v) is 7.86. The summed E-state index contributed by atoms with van der Waals surface area (Å²) in [5.74, 6) is -0.267. The number of anilines is 1. The van der Waals surface area contributed by atoms with Gasteiger partial charge in [0, 0.05) is 17.5 Å². The van der Waals surface area contributed by atoms with E-state index in [0.29, 0.717) is 11.8 Å². The van der Waals surface area contributed by atoms with Gasteiger partial charge in [-0.05, 0) is 44.3 Å². The second-order valence-corrected chi connectivity index (χ2v) is 6.25. The molecule has 0 saturated heterocycles. The number of nitriles is 2. The van der Waals surface area contributed by atoms with Crippen LogP contribution in [0.15, 0.2) is 10.5 Å². The van der Waals surface area contributed by atoms with Crippen LogP contribution in [0.3, 0.4) is 0 Å². The molecule has 7 nitrogen and oxygen atoms in total. The Morgan fingerprint density at radius 2 is 2.17 bits per heavy atom. The average Bonchev–Trinajstić information content (AvgIpc) is 2.53. The quantitative estimate of drug-likeness (QED) is 0.267. The van der Waals surface area contributed by atoms with Crippen LogP contribution in [0.1, 0.15) is 45.7 Å². The van der Waals surface area contributed by atoms with Gasteiger partial charge in [0.05, 0.1) is 28.8 Å². The Morgan fingerprint density at radius 3 is 2.71 bits per heavy atom. The largest absolute Gasteiger partial charge is 0.398 e. The van der Waals surface area contributed by atoms with Gasteiger partial charge in [0.25, 0.3) is 5.91 Å². The smallest absolute Gasteiger partial charge is 0.254 e. The molecule has 3 N–H and O–H groups in total.